The van der Waals surface area contributed by atoms with E-state index in [1.807, 2.05) is 54.6 Å². The Bertz CT molecular complexity index is 1020. The van der Waals surface area contributed by atoms with Gasteiger partial charge in [-0.25, -0.2) is 0 Å². The number of halogens is 1. The smallest absolute Gasteiger partial charge is 0.261 e. The summed E-state index contributed by atoms with van der Waals surface area (Å²) in [6, 6.07) is 20.1. The van der Waals surface area contributed by atoms with Crippen LogP contribution >= 0.6 is 11.6 Å². The second-order valence-electron chi connectivity index (χ2n) is 6.71. The first-order valence-electron chi connectivity index (χ1n) is 9.35. The molecule has 0 heterocycles. The van der Waals surface area contributed by atoms with Gasteiger partial charge in [0.15, 0.2) is 6.61 Å². The number of nitrogens with one attached hydrogen (secondary N) is 1. The van der Waals surface area contributed by atoms with Crippen molar-refractivity contribution in [3.05, 3.63) is 77.3 Å². The zero-order valence-corrected chi connectivity index (χ0v) is 17.1. The number of hydrogen-bond donors (Lipinski definition) is 1. The number of amides is 2. The van der Waals surface area contributed by atoms with Crippen molar-refractivity contribution >= 4 is 34.2 Å². The van der Waals surface area contributed by atoms with Crippen LogP contribution in [0.2, 0.25) is 5.02 Å². The van der Waals surface area contributed by atoms with Crippen molar-refractivity contribution in [3.8, 4) is 5.75 Å². The molecular formula is C23H23ClN2O3. The van der Waals surface area contributed by atoms with Gasteiger partial charge in [0.2, 0.25) is 5.91 Å². The molecule has 150 valence electrons. The maximum absolute atomic E-state index is 13.0. The Morgan fingerprint density at radius 1 is 1.07 bits per heavy atom. The molecule has 29 heavy (non-hydrogen) atoms. The normalized spacial score (nSPS) is 11.7. The number of fused-ring (bicyclic) bond motifs is 1. The molecule has 0 aliphatic rings. The van der Waals surface area contributed by atoms with Crippen LogP contribution in [0.25, 0.3) is 10.8 Å². The Balaban J connectivity index is 1.79. The molecule has 0 aliphatic heterocycles. The maximum atomic E-state index is 13.0. The van der Waals surface area contributed by atoms with Gasteiger partial charge in [0, 0.05) is 24.0 Å². The molecule has 0 fully saturated rings. The minimum atomic E-state index is -0.650. The highest BCUT2D eigenvalue weighted by atomic mass is 35.5. The van der Waals surface area contributed by atoms with Crippen molar-refractivity contribution in [3.63, 3.8) is 0 Å². The number of likely N-dealkylation sites (N-methyl/N-ethyl adjacent to an activating group) is 1. The summed E-state index contributed by atoms with van der Waals surface area (Å²) in [7, 11) is 1.55. The van der Waals surface area contributed by atoms with Crippen LogP contribution in [-0.2, 0) is 16.1 Å². The summed E-state index contributed by atoms with van der Waals surface area (Å²) in [5.74, 6) is 0.103. The van der Waals surface area contributed by atoms with E-state index in [1.165, 1.54) is 4.90 Å². The SMILES string of the molecule is CNC(=O)C(C)N(Cc1cccc(Cl)c1)C(=O)COc1cccc2ccccc12. The monoisotopic (exact) mass is 410 g/mol. The minimum Gasteiger partial charge on any atom is -0.483 e. The Morgan fingerprint density at radius 2 is 1.79 bits per heavy atom. The first kappa shape index (κ1) is 20.7. The highest BCUT2D eigenvalue weighted by Crippen LogP contribution is 2.25. The first-order valence-corrected chi connectivity index (χ1v) is 9.73. The molecule has 0 radical (unpaired) electrons. The van der Waals surface area contributed by atoms with Gasteiger partial charge in [0.1, 0.15) is 11.8 Å². The van der Waals surface area contributed by atoms with Crippen LogP contribution in [0.4, 0.5) is 0 Å². The number of ether oxygens (including phenoxy) is 1. The zero-order chi connectivity index (χ0) is 20.8. The van der Waals surface area contributed by atoms with Crippen LogP contribution in [0.15, 0.2) is 66.7 Å². The summed E-state index contributed by atoms with van der Waals surface area (Å²) < 4.78 is 5.84. The highest BCUT2D eigenvalue weighted by molar-refractivity contribution is 6.30. The number of carbonyl (C=O) groups is 2. The summed E-state index contributed by atoms with van der Waals surface area (Å²) in [6.45, 7) is 1.78. The van der Waals surface area contributed by atoms with Crippen LogP contribution in [0, 0.1) is 0 Å². The van der Waals surface area contributed by atoms with Gasteiger partial charge in [0.25, 0.3) is 5.91 Å². The molecule has 5 nitrogen and oxygen atoms in total. The quantitative estimate of drug-likeness (QED) is 0.639. The van der Waals surface area contributed by atoms with E-state index in [2.05, 4.69) is 5.32 Å². The van der Waals surface area contributed by atoms with E-state index in [0.29, 0.717) is 10.8 Å². The largest absolute Gasteiger partial charge is 0.483 e. The molecule has 3 aromatic carbocycles. The number of benzene rings is 3. The van der Waals surface area contributed by atoms with Crippen molar-refractivity contribution in [1.29, 1.82) is 0 Å². The summed E-state index contributed by atoms with van der Waals surface area (Å²) in [5.41, 5.74) is 0.840. The number of nitrogens with zero attached hydrogens (tertiary/aromatic N) is 1. The predicted molar refractivity (Wildman–Crippen MR) is 115 cm³/mol. The fourth-order valence-corrected chi connectivity index (χ4v) is 3.38. The van der Waals surface area contributed by atoms with Gasteiger partial charge in [-0.05, 0) is 36.1 Å². The Hall–Kier alpha value is -3.05. The van der Waals surface area contributed by atoms with E-state index in [1.54, 1.807) is 26.1 Å². The van der Waals surface area contributed by atoms with Gasteiger partial charge in [-0.1, -0.05) is 60.1 Å². The fraction of sp³-hybridized carbons (Fsp3) is 0.217. The van der Waals surface area contributed by atoms with Crippen LogP contribution in [0.5, 0.6) is 5.75 Å². The maximum Gasteiger partial charge on any atom is 0.261 e. The lowest BCUT2D eigenvalue weighted by Crippen LogP contribution is -2.48. The van der Waals surface area contributed by atoms with Gasteiger partial charge in [-0.2, -0.15) is 0 Å². The van der Waals surface area contributed by atoms with Gasteiger partial charge >= 0.3 is 0 Å². The van der Waals surface area contributed by atoms with E-state index < -0.39 is 6.04 Å². The molecular weight excluding hydrogens is 388 g/mol. The molecule has 1 N–H and O–H groups in total. The average Bonchev–Trinajstić information content (AvgIpc) is 2.74. The third kappa shape index (κ3) is 5.06. The first-order chi connectivity index (χ1) is 14.0. The Kier molecular flexibility index (Phi) is 6.73. The molecule has 0 aliphatic carbocycles. The summed E-state index contributed by atoms with van der Waals surface area (Å²) in [4.78, 5) is 26.7. The Labute approximate surface area is 175 Å². The van der Waals surface area contributed by atoms with E-state index in [0.717, 1.165) is 16.3 Å². The summed E-state index contributed by atoms with van der Waals surface area (Å²) in [6.07, 6.45) is 0. The van der Waals surface area contributed by atoms with Crippen molar-refractivity contribution in [2.45, 2.75) is 19.5 Å². The van der Waals surface area contributed by atoms with Crippen LogP contribution in [0.3, 0.4) is 0 Å². The van der Waals surface area contributed by atoms with Crippen molar-refractivity contribution in [1.82, 2.24) is 10.2 Å². The highest BCUT2D eigenvalue weighted by Gasteiger charge is 2.26. The lowest BCUT2D eigenvalue weighted by molar-refractivity contribution is -0.142. The van der Waals surface area contributed by atoms with Gasteiger partial charge < -0.3 is 15.0 Å². The summed E-state index contributed by atoms with van der Waals surface area (Å²) in [5, 5.41) is 5.14. The lowest BCUT2D eigenvalue weighted by atomic mass is 10.1. The van der Waals surface area contributed by atoms with Gasteiger partial charge in [-0.3, -0.25) is 9.59 Å². The summed E-state index contributed by atoms with van der Waals surface area (Å²) >= 11 is 6.07. The van der Waals surface area contributed by atoms with E-state index >= 15 is 0 Å². The molecule has 1 atom stereocenters. The molecule has 2 amide bonds. The van der Waals surface area contributed by atoms with Gasteiger partial charge in [-0.15, -0.1) is 0 Å². The van der Waals surface area contributed by atoms with Gasteiger partial charge in [0.05, 0.1) is 0 Å². The second kappa shape index (κ2) is 9.43. The third-order valence-corrected chi connectivity index (χ3v) is 4.99. The van der Waals surface area contributed by atoms with Crippen LogP contribution in [0.1, 0.15) is 12.5 Å². The average molecular weight is 411 g/mol. The van der Waals surface area contributed by atoms with E-state index in [-0.39, 0.29) is 25.0 Å². The Morgan fingerprint density at radius 3 is 2.55 bits per heavy atom. The van der Waals surface area contributed by atoms with Crippen molar-refractivity contribution in [2.75, 3.05) is 13.7 Å². The number of hydrogen-bond acceptors (Lipinski definition) is 3. The molecule has 6 heteroatoms. The van der Waals surface area contributed by atoms with Crippen LogP contribution < -0.4 is 10.1 Å². The molecule has 3 rings (SSSR count). The molecule has 0 aromatic heterocycles. The minimum absolute atomic E-state index is 0.171. The molecule has 0 bridgehead atoms. The zero-order valence-electron chi connectivity index (χ0n) is 16.4. The molecule has 1 unspecified atom stereocenters. The van der Waals surface area contributed by atoms with Crippen molar-refractivity contribution in [2.24, 2.45) is 0 Å². The van der Waals surface area contributed by atoms with Crippen molar-refractivity contribution < 1.29 is 14.3 Å². The topological polar surface area (TPSA) is 58.6 Å². The molecule has 0 saturated carbocycles. The third-order valence-electron chi connectivity index (χ3n) is 4.76. The van der Waals surface area contributed by atoms with E-state index in [4.69, 9.17) is 16.3 Å². The molecule has 0 spiro atoms. The van der Waals surface area contributed by atoms with E-state index in [9.17, 15) is 9.59 Å². The lowest BCUT2D eigenvalue weighted by Gasteiger charge is -2.28. The number of carbonyl (C=O) groups excluding carboxylic acids is 2. The standard InChI is InChI=1S/C23H23ClN2O3/c1-16(23(28)25-2)26(14-17-7-5-10-19(24)13-17)22(27)15-29-21-12-6-9-18-8-3-4-11-20(18)21/h3-13,16H,14-15H2,1-2H3,(H,25,28). The van der Waals surface area contributed by atoms with Crippen LogP contribution in [-0.4, -0.2) is 36.4 Å². The molecule has 0 saturated heterocycles. The fourth-order valence-electron chi connectivity index (χ4n) is 3.17. The predicted octanol–water partition coefficient (Wildman–Crippen LogP) is 4.04. The second-order valence-corrected chi connectivity index (χ2v) is 7.14. The molecule has 3 aromatic rings. The number of rotatable bonds is 7.